The largest absolute Gasteiger partial charge is 0.450 e. The Hall–Kier alpha value is -2.53. The van der Waals surface area contributed by atoms with Crippen molar-refractivity contribution in [3.05, 3.63) is 59.4 Å². The number of hydrogen-bond acceptors (Lipinski definition) is 4. The van der Waals surface area contributed by atoms with Crippen LogP contribution >= 0.6 is 0 Å². The maximum Gasteiger partial charge on any atom is 0.322 e. The van der Waals surface area contributed by atoms with Crippen molar-refractivity contribution in [1.82, 2.24) is 0 Å². The Morgan fingerprint density at radius 3 is 2.30 bits per heavy atom. The van der Waals surface area contributed by atoms with Crippen molar-refractivity contribution in [2.24, 2.45) is 0 Å². The van der Waals surface area contributed by atoms with Crippen LogP contribution in [0.15, 0.2) is 42.5 Å². The van der Waals surface area contributed by atoms with E-state index in [1.54, 1.807) is 12.1 Å². The highest BCUT2D eigenvalue weighted by molar-refractivity contribution is 6.14. The van der Waals surface area contributed by atoms with E-state index in [1.165, 1.54) is 12.1 Å². The van der Waals surface area contributed by atoms with Gasteiger partial charge in [0.1, 0.15) is 11.7 Å². The molecular formula is C25H25FO4. The van der Waals surface area contributed by atoms with Gasteiger partial charge < -0.3 is 9.47 Å². The minimum Gasteiger partial charge on any atom is -0.450 e. The number of hydrogen-bond donors (Lipinski definition) is 0. The fourth-order valence-corrected chi connectivity index (χ4v) is 5.32. The standard InChI is InChI=1S/C25H25FO4/c1-16-3-4-18(17-5-7-19(26)8-6-17)15-20(16)21-22(27)25(30-23(21)28)12-10-24(11-13-25)9-2-14-29-24/h3-8,15,21H,2,9-14H2,1H3. The molecule has 2 spiro atoms. The molecule has 4 nitrogen and oxygen atoms in total. The van der Waals surface area contributed by atoms with Crippen molar-refractivity contribution in [2.45, 2.75) is 62.6 Å². The summed E-state index contributed by atoms with van der Waals surface area (Å²) in [5.41, 5.74) is 2.09. The van der Waals surface area contributed by atoms with Crippen LogP contribution < -0.4 is 0 Å². The Morgan fingerprint density at radius 2 is 1.63 bits per heavy atom. The fraction of sp³-hybridized carbons (Fsp3) is 0.440. The lowest BCUT2D eigenvalue weighted by Crippen LogP contribution is -2.46. The van der Waals surface area contributed by atoms with Gasteiger partial charge in [0.15, 0.2) is 11.4 Å². The van der Waals surface area contributed by atoms with Crippen LogP contribution in [0, 0.1) is 12.7 Å². The van der Waals surface area contributed by atoms with E-state index in [0.29, 0.717) is 18.4 Å². The molecule has 3 fully saturated rings. The summed E-state index contributed by atoms with van der Waals surface area (Å²) < 4.78 is 25.1. The molecule has 1 unspecified atom stereocenters. The number of ketones is 1. The van der Waals surface area contributed by atoms with Crippen LogP contribution in [0.5, 0.6) is 0 Å². The Kier molecular flexibility index (Phi) is 4.55. The molecule has 1 saturated carbocycles. The maximum absolute atomic E-state index is 13.5. The van der Waals surface area contributed by atoms with E-state index in [0.717, 1.165) is 49.0 Å². The summed E-state index contributed by atoms with van der Waals surface area (Å²) in [7, 11) is 0. The maximum atomic E-state index is 13.5. The van der Waals surface area contributed by atoms with E-state index in [2.05, 4.69) is 0 Å². The molecule has 2 heterocycles. The summed E-state index contributed by atoms with van der Waals surface area (Å²) in [5, 5.41) is 0. The molecule has 30 heavy (non-hydrogen) atoms. The van der Waals surface area contributed by atoms with Crippen molar-refractivity contribution in [3.8, 4) is 11.1 Å². The molecule has 0 radical (unpaired) electrons. The van der Waals surface area contributed by atoms with Gasteiger partial charge in [-0.05, 0) is 85.9 Å². The summed E-state index contributed by atoms with van der Waals surface area (Å²) in [4.78, 5) is 26.4. The molecule has 1 atom stereocenters. The first kappa shape index (κ1) is 19.4. The molecule has 2 aromatic rings. The Balaban J connectivity index is 1.44. The van der Waals surface area contributed by atoms with Gasteiger partial charge in [0.05, 0.1) is 5.60 Å². The molecule has 2 aliphatic heterocycles. The smallest absolute Gasteiger partial charge is 0.322 e. The number of aryl methyl sites for hydroxylation is 1. The van der Waals surface area contributed by atoms with E-state index < -0.39 is 17.5 Å². The first-order chi connectivity index (χ1) is 14.4. The third-order valence-corrected chi connectivity index (χ3v) is 7.16. The van der Waals surface area contributed by atoms with E-state index in [1.807, 2.05) is 25.1 Å². The molecule has 0 bridgehead atoms. The number of carbonyl (C=O) groups is 2. The van der Waals surface area contributed by atoms with Crippen LogP contribution in [0.25, 0.3) is 11.1 Å². The van der Waals surface area contributed by atoms with Gasteiger partial charge in [0.2, 0.25) is 0 Å². The van der Waals surface area contributed by atoms with Crippen molar-refractivity contribution in [2.75, 3.05) is 6.61 Å². The molecule has 156 valence electrons. The van der Waals surface area contributed by atoms with E-state index in [9.17, 15) is 14.0 Å². The Morgan fingerprint density at radius 1 is 0.933 bits per heavy atom. The number of carbonyl (C=O) groups excluding carboxylic acids is 2. The molecule has 0 N–H and O–H groups in total. The summed E-state index contributed by atoms with van der Waals surface area (Å²) in [5.74, 6) is -1.78. The number of ether oxygens (including phenoxy) is 2. The van der Waals surface area contributed by atoms with Gasteiger partial charge in [-0.15, -0.1) is 0 Å². The van der Waals surface area contributed by atoms with E-state index >= 15 is 0 Å². The van der Waals surface area contributed by atoms with Gasteiger partial charge in [-0.2, -0.15) is 0 Å². The zero-order valence-corrected chi connectivity index (χ0v) is 17.1. The van der Waals surface area contributed by atoms with Gasteiger partial charge in [-0.1, -0.05) is 24.3 Å². The number of halogens is 1. The van der Waals surface area contributed by atoms with Gasteiger partial charge >= 0.3 is 5.97 Å². The first-order valence-corrected chi connectivity index (χ1v) is 10.7. The van der Waals surface area contributed by atoms with Gasteiger partial charge in [-0.25, -0.2) is 4.39 Å². The summed E-state index contributed by atoms with van der Waals surface area (Å²) in [6.45, 7) is 2.68. The molecular weight excluding hydrogens is 383 g/mol. The SMILES string of the molecule is Cc1ccc(-c2ccc(F)cc2)cc1C1C(=O)OC2(CCC3(CCCO3)CC2)C1=O. The number of rotatable bonds is 2. The average molecular weight is 408 g/mol. The van der Waals surface area contributed by atoms with Crippen molar-refractivity contribution >= 4 is 11.8 Å². The molecule has 5 heteroatoms. The summed E-state index contributed by atoms with van der Waals surface area (Å²) in [6.07, 6.45) is 4.66. The lowest BCUT2D eigenvalue weighted by Gasteiger charge is -2.40. The predicted octanol–water partition coefficient (Wildman–Crippen LogP) is 4.87. The molecule has 1 aliphatic carbocycles. The molecule has 2 aromatic carbocycles. The quantitative estimate of drug-likeness (QED) is 0.525. The topological polar surface area (TPSA) is 52.6 Å². The van der Waals surface area contributed by atoms with E-state index in [-0.39, 0.29) is 17.2 Å². The van der Waals surface area contributed by atoms with Gasteiger partial charge in [-0.3, -0.25) is 9.59 Å². The third kappa shape index (κ3) is 3.07. The van der Waals surface area contributed by atoms with Crippen LogP contribution in [-0.4, -0.2) is 29.6 Å². The van der Waals surface area contributed by atoms with E-state index in [4.69, 9.17) is 9.47 Å². The zero-order chi connectivity index (χ0) is 20.9. The summed E-state index contributed by atoms with van der Waals surface area (Å²) >= 11 is 0. The first-order valence-electron chi connectivity index (χ1n) is 10.7. The highest BCUT2D eigenvalue weighted by Crippen LogP contribution is 2.49. The lowest BCUT2D eigenvalue weighted by molar-refractivity contribution is -0.161. The zero-order valence-electron chi connectivity index (χ0n) is 17.1. The third-order valence-electron chi connectivity index (χ3n) is 7.16. The summed E-state index contributed by atoms with van der Waals surface area (Å²) in [6, 6.07) is 11.9. The van der Waals surface area contributed by atoms with Crippen molar-refractivity contribution < 1.29 is 23.5 Å². The normalized spacial score (nSPS) is 30.9. The van der Waals surface area contributed by atoms with Gasteiger partial charge in [0.25, 0.3) is 0 Å². The highest BCUT2D eigenvalue weighted by atomic mass is 19.1. The lowest BCUT2D eigenvalue weighted by atomic mass is 9.71. The Labute approximate surface area is 175 Å². The van der Waals surface area contributed by atoms with Gasteiger partial charge in [0, 0.05) is 6.61 Å². The Bertz CT molecular complexity index is 994. The van der Waals surface area contributed by atoms with Crippen LogP contribution in [0.1, 0.15) is 55.6 Å². The number of esters is 1. The predicted molar refractivity (Wildman–Crippen MR) is 110 cm³/mol. The highest BCUT2D eigenvalue weighted by Gasteiger charge is 2.59. The second-order valence-electron chi connectivity index (χ2n) is 8.93. The molecule has 3 aliphatic rings. The molecule has 0 amide bonds. The average Bonchev–Trinajstić information content (AvgIpc) is 3.29. The minimum absolute atomic E-state index is 0.125. The van der Waals surface area contributed by atoms with Crippen molar-refractivity contribution in [1.29, 1.82) is 0 Å². The number of Topliss-reactive ketones (excluding diaryl/α,β-unsaturated/α-hetero) is 1. The fourth-order valence-electron chi connectivity index (χ4n) is 5.32. The van der Waals surface area contributed by atoms with Crippen molar-refractivity contribution in [3.63, 3.8) is 0 Å². The molecule has 2 saturated heterocycles. The van der Waals surface area contributed by atoms with Crippen LogP contribution in [0.3, 0.4) is 0 Å². The monoisotopic (exact) mass is 408 g/mol. The molecule has 0 aromatic heterocycles. The van der Waals surface area contributed by atoms with Crippen LogP contribution in [0.4, 0.5) is 4.39 Å². The van der Waals surface area contributed by atoms with Crippen LogP contribution in [0.2, 0.25) is 0 Å². The second kappa shape index (κ2) is 7.02. The second-order valence-corrected chi connectivity index (χ2v) is 8.93. The van der Waals surface area contributed by atoms with Crippen LogP contribution in [-0.2, 0) is 19.1 Å². The molecule has 5 rings (SSSR count). The minimum atomic E-state index is -1.02. The number of benzene rings is 2.